The highest BCUT2D eigenvalue weighted by Crippen LogP contribution is 2.45. The van der Waals surface area contributed by atoms with Crippen molar-refractivity contribution in [3.63, 3.8) is 0 Å². The first-order valence-electron chi connectivity index (χ1n) is 8.87. The zero-order valence-electron chi connectivity index (χ0n) is 13.4. The monoisotopic (exact) mass is 301 g/mol. The van der Waals surface area contributed by atoms with E-state index in [9.17, 15) is 0 Å². The average molecular weight is 301 g/mol. The Kier molecular flexibility index (Phi) is 3.97. The lowest BCUT2D eigenvalue weighted by molar-refractivity contribution is -0.193. The van der Waals surface area contributed by atoms with Crippen molar-refractivity contribution in [2.75, 3.05) is 26.3 Å². The van der Waals surface area contributed by atoms with E-state index in [0.717, 1.165) is 26.1 Å². The summed E-state index contributed by atoms with van der Waals surface area (Å²) in [4.78, 5) is 2.77. The van der Waals surface area contributed by atoms with Gasteiger partial charge in [-0.1, -0.05) is 30.3 Å². The van der Waals surface area contributed by atoms with Crippen molar-refractivity contribution in [3.05, 3.63) is 35.9 Å². The van der Waals surface area contributed by atoms with Crippen LogP contribution in [0.4, 0.5) is 0 Å². The van der Waals surface area contributed by atoms with E-state index in [-0.39, 0.29) is 5.79 Å². The summed E-state index contributed by atoms with van der Waals surface area (Å²) in [5.41, 5.74) is 1.79. The highest BCUT2D eigenvalue weighted by Gasteiger charge is 2.48. The maximum Gasteiger partial charge on any atom is 0.168 e. The van der Waals surface area contributed by atoms with Crippen LogP contribution in [0.15, 0.2) is 30.3 Å². The van der Waals surface area contributed by atoms with Crippen molar-refractivity contribution in [1.82, 2.24) is 4.90 Å². The van der Waals surface area contributed by atoms with Gasteiger partial charge in [0, 0.05) is 18.4 Å². The predicted octanol–water partition coefficient (Wildman–Crippen LogP) is 3.38. The van der Waals surface area contributed by atoms with Crippen molar-refractivity contribution >= 4 is 0 Å². The fraction of sp³-hybridized carbons (Fsp3) is 0.684. The molecule has 2 heterocycles. The van der Waals surface area contributed by atoms with E-state index in [4.69, 9.17) is 9.47 Å². The Morgan fingerprint density at radius 3 is 2.14 bits per heavy atom. The van der Waals surface area contributed by atoms with E-state index in [1.165, 1.54) is 50.8 Å². The number of benzene rings is 1. The molecule has 2 saturated heterocycles. The standard InChI is InChI=1S/C19H27NO2/c1-2-6-17(7-3-1)16-18(20-12-4-5-13-20)8-10-19(11-9-18)21-14-15-22-19/h1-3,6-7H,4-5,8-16H2. The van der Waals surface area contributed by atoms with Gasteiger partial charge in [-0.3, -0.25) is 4.90 Å². The molecule has 1 aromatic carbocycles. The first kappa shape index (κ1) is 14.7. The van der Waals surface area contributed by atoms with Gasteiger partial charge in [0.2, 0.25) is 0 Å². The van der Waals surface area contributed by atoms with E-state index in [1.54, 1.807) is 0 Å². The van der Waals surface area contributed by atoms with Crippen LogP contribution < -0.4 is 0 Å². The first-order chi connectivity index (χ1) is 10.8. The fourth-order valence-corrected chi connectivity index (χ4v) is 4.65. The molecule has 120 valence electrons. The van der Waals surface area contributed by atoms with E-state index >= 15 is 0 Å². The van der Waals surface area contributed by atoms with Crippen LogP contribution >= 0.6 is 0 Å². The Balaban J connectivity index is 1.54. The summed E-state index contributed by atoms with van der Waals surface area (Å²) in [5.74, 6) is -0.250. The average Bonchev–Trinajstić information content (AvgIpc) is 3.24. The third kappa shape index (κ3) is 2.70. The van der Waals surface area contributed by atoms with E-state index in [2.05, 4.69) is 35.2 Å². The van der Waals surface area contributed by atoms with E-state index in [0.29, 0.717) is 5.54 Å². The summed E-state index contributed by atoms with van der Waals surface area (Å²) in [5, 5.41) is 0. The molecule has 2 aliphatic heterocycles. The normalized spacial score (nSPS) is 27.5. The molecule has 22 heavy (non-hydrogen) atoms. The van der Waals surface area contributed by atoms with Gasteiger partial charge >= 0.3 is 0 Å². The maximum atomic E-state index is 5.95. The van der Waals surface area contributed by atoms with Gasteiger partial charge < -0.3 is 9.47 Å². The number of ether oxygens (including phenoxy) is 2. The smallest absolute Gasteiger partial charge is 0.168 e. The van der Waals surface area contributed by atoms with Crippen LogP contribution in [0.3, 0.4) is 0 Å². The molecule has 1 spiro atoms. The van der Waals surface area contributed by atoms with Gasteiger partial charge in [0.1, 0.15) is 0 Å². The van der Waals surface area contributed by atoms with E-state index < -0.39 is 0 Å². The number of hydrogen-bond donors (Lipinski definition) is 0. The molecule has 0 radical (unpaired) electrons. The minimum atomic E-state index is -0.250. The zero-order valence-corrected chi connectivity index (χ0v) is 13.4. The van der Waals surface area contributed by atoms with Crippen molar-refractivity contribution in [1.29, 1.82) is 0 Å². The molecule has 3 fully saturated rings. The second-order valence-corrected chi connectivity index (χ2v) is 7.19. The molecule has 0 N–H and O–H groups in total. The van der Waals surface area contributed by atoms with Gasteiger partial charge in [0.15, 0.2) is 5.79 Å². The Morgan fingerprint density at radius 2 is 1.50 bits per heavy atom. The van der Waals surface area contributed by atoms with Crippen LogP contribution in [0.1, 0.15) is 44.1 Å². The Morgan fingerprint density at radius 1 is 0.864 bits per heavy atom. The summed E-state index contributed by atoms with van der Waals surface area (Å²) in [6.07, 6.45) is 8.38. The summed E-state index contributed by atoms with van der Waals surface area (Å²) >= 11 is 0. The third-order valence-corrected chi connectivity index (χ3v) is 5.91. The molecule has 3 heteroatoms. The highest BCUT2D eigenvalue weighted by atomic mass is 16.7. The lowest BCUT2D eigenvalue weighted by Crippen LogP contribution is -2.54. The van der Waals surface area contributed by atoms with Crippen LogP contribution in [0.5, 0.6) is 0 Å². The highest BCUT2D eigenvalue weighted by molar-refractivity contribution is 5.19. The quantitative estimate of drug-likeness (QED) is 0.854. The maximum absolute atomic E-state index is 5.95. The van der Waals surface area contributed by atoms with E-state index in [1.807, 2.05) is 0 Å². The minimum Gasteiger partial charge on any atom is -0.348 e. The summed E-state index contributed by atoms with van der Waals surface area (Å²) < 4.78 is 11.9. The van der Waals surface area contributed by atoms with Crippen LogP contribution in [0, 0.1) is 0 Å². The number of likely N-dealkylation sites (tertiary alicyclic amines) is 1. The van der Waals surface area contributed by atoms with Crippen LogP contribution in [-0.2, 0) is 15.9 Å². The largest absolute Gasteiger partial charge is 0.348 e. The second-order valence-electron chi connectivity index (χ2n) is 7.19. The van der Waals surface area contributed by atoms with Crippen molar-refractivity contribution < 1.29 is 9.47 Å². The number of nitrogens with zero attached hydrogens (tertiary/aromatic N) is 1. The van der Waals surface area contributed by atoms with Gasteiger partial charge in [0.25, 0.3) is 0 Å². The van der Waals surface area contributed by atoms with Gasteiger partial charge in [-0.05, 0) is 50.8 Å². The molecule has 0 bridgehead atoms. The molecule has 0 aromatic heterocycles. The SMILES string of the molecule is c1ccc(CC2(N3CCCC3)CCC3(CC2)OCCO3)cc1. The van der Waals surface area contributed by atoms with Crippen LogP contribution in [-0.4, -0.2) is 42.5 Å². The molecule has 3 nitrogen and oxygen atoms in total. The Labute approximate surface area is 133 Å². The fourth-order valence-electron chi connectivity index (χ4n) is 4.65. The molecular weight excluding hydrogens is 274 g/mol. The molecule has 1 aliphatic carbocycles. The molecule has 4 rings (SSSR count). The van der Waals surface area contributed by atoms with Crippen LogP contribution in [0.2, 0.25) is 0 Å². The first-order valence-corrected chi connectivity index (χ1v) is 8.87. The molecule has 1 saturated carbocycles. The number of rotatable bonds is 3. The van der Waals surface area contributed by atoms with Gasteiger partial charge in [-0.15, -0.1) is 0 Å². The molecule has 0 amide bonds. The third-order valence-electron chi connectivity index (χ3n) is 5.91. The van der Waals surface area contributed by atoms with Gasteiger partial charge in [-0.25, -0.2) is 0 Å². The second kappa shape index (κ2) is 5.95. The van der Waals surface area contributed by atoms with Gasteiger partial charge in [-0.2, -0.15) is 0 Å². The Bertz CT molecular complexity index is 479. The van der Waals surface area contributed by atoms with Crippen molar-refractivity contribution in [2.24, 2.45) is 0 Å². The van der Waals surface area contributed by atoms with Gasteiger partial charge in [0.05, 0.1) is 13.2 Å². The lowest BCUT2D eigenvalue weighted by Gasteiger charge is -2.49. The summed E-state index contributed by atoms with van der Waals surface area (Å²) in [6.45, 7) is 4.08. The number of hydrogen-bond acceptors (Lipinski definition) is 3. The Hall–Kier alpha value is -0.900. The molecule has 3 aliphatic rings. The minimum absolute atomic E-state index is 0.250. The lowest BCUT2D eigenvalue weighted by atomic mass is 9.74. The topological polar surface area (TPSA) is 21.7 Å². The zero-order chi connectivity index (χ0) is 14.9. The summed E-state index contributed by atoms with van der Waals surface area (Å²) in [7, 11) is 0. The molecule has 1 aromatic rings. The van der Waals surface area contributed by atoms with Crippen molar-refractivity contribution in [3.8, 4) is 0 Å². The van der Waals surface area contributed by atoms with Crippen LogP contribution in [0.25, 0.3) is 0 Å². The summed E-state index contributed by atoms with van der Waals surface area (Å²) in [6, 6.07) is 11.0. The van der Waals surface area contributed by atoms with Crippen molar-refractivity contribution in [2.45, 2.75) is 56.3 Å². The molecule has 0 unspecified atom stereocenters. The predicted molar refractivity (Wildman–Crippen MR) is 86.8 cm³/mol. The molecule has 0 atom stereocenters. The molecular formula is C19H27NO2.